The van der Waals surface area contributed by atoms with E-state index >= 15 is 0 Å². The Labute approximate surface area is 170 Å². The summed E-state index contributed by atoms with van der Waals surface area (Å²) in [6.07, 6.45) is 0.893. The lowest BCUT2D eigenvalue weighted by Crippen LogP contribution is -2.50. The number of para-hydroxylation sites is 1. The first-order valence-electron chi connectivity index (χ1n) is 9.93. The summed E-state index contributed by atoms with van der Waals surface area (Å²) in [6.45, 7) is 6.83. The summed E-state index contributed by atoms with van der Waals surface area (Å²) in [4.78, 5) is 21.1. The van der Waals surface area contributed by atoms with Crippen molar-refractivity contribution in [2.45, 2.75) is 20.3 Å². The first kappa shape index (κ1) is 19.0. The van der Waals surface area contributed by atoms with Gasteiger partial charge in [-0.05, 0) is 42.3 Å². The van der Waals surface area contributed by atoms with Crippen molar-refractivity contribution in [1.82, 2.24) is 15.0 Å². The average Bonchev–Trinajstić information content (AvgIpc) is 3.20. The summed E-state index contributed by atoms with van der Waals surface area (Å²) < 4.78 is 5.04. The van der Waals surface area contributed by atoms with Crippen molar-refractivity contribution in [2.75, 3.05) is 36.4 Å². The molecule has 1 fully saturated rings. The van der Waals surface area contributed by atoms with Crippen LogP contribution >= 0.6 is 0 Å². The number of nitrogens with zero attached hydrogens (tertiary/aromatic N) is 4. The van der Waals surface area contributed by atoms with Crippen molar-refractivity contribution in [2.24, 2.45) is 0 Å². The van der Waals surface area contributed by atoms with Crippen molar-refractivity contribution in [3.8, 4) is 11.4 Å². The summed E-state index contributed by atoms with van der Waals surface area (Å²) in [5.41, 5.74) is 4.11. The topological polar surface area (TPSA) is 74.5 Å². The maximum Gasteiger partial charge on any atom is 0.321 e. The van der Waals surface area contributed by atoms with Crippen LogP contribution in [-0.4, -0.2) is 47.3 Å². The molecule has 7 heteroatoms. The second-order valence-corrected chi connectivity index (χ2v) is 7.10. The fourth-order valence-corrected chi connectivity index (χ4v) is 3.55. The standard InChI is InChI=1S/C22H25N5O2/c1-3-17-6-4-5-7-20(17)24-22(28)27-14-12-26(13-15-27)19-10-8-18(9-11-19)21-23-16(2)29-25-21/h4-11H,3,12-15H2,1-2H3,(H,24,28). The number of hydrogen-bond donors (Lipinski definition) is 1. The molecule has 0 radical (unpaired) electrons. The summed E-state index contributed by atoms with van der Waals surface area (Å²) >= 11 is 0. The van der Waals surface area contributed by atoms with Gasteiger partial charge in [-0.1, -0.05) is 30.3 Å². The Kier molecular flexibility index (Phi) is 5.46. The normalized spacial score (nSPS) is 14.1. The van der Waals surface area contributed by atoms with E-state index in [0.29, 0.717) is 24.8 Å². The van der Waals surface area contributed by atoms with Crippen LogP contribution in [0.1, 0.15) is 18.4 Å². The molecule has 0 spiro atoms. The molecule has 0 unspecified atom stereocenters. The van der Waals surface area contributed by atoms with E-state index in [0.717, 1.165) is 42.0 Å². The molecule has 0 saturated carbocycles. The third-order valence-electron chi connectivity index (χ3n) is 5.22. The molecule has 2 amide bonds. The van der Waals surface area contributed by atoms with Crippen LogP contribution in [0.5, 0.6) is 0 Å². The zero-order valence-electron chi connectivity index (χ0n) is 16.8. The SMILES string of the molecule is CCc1ccccc1NC(=O)N1CCN(c2ccc(-c3noc(C)n3)cc2)CC1. The van der Waals surface area contributed by atoms with Gasteiger partial charge in [0.2, 0.25) is 11.7 Å². The number of anilines is 2. The maximum absolute atomic E-state index is 12.7. The number of benzene rings is 2. The Morgan fingerprint density at radius 1 is 1.07 bits per heavy atom. The molecule has 29 heavy (non-hydrogen) atoms. The van der Waals surface area contributed by atoms with E-state index in [1.54, 1.807) is 6.92 Å². The quantitative estimate of drug-likeness (QED) is 0.729. The Morgan fingerprint density at radius 3 is 2.45 bits per heavy atom. The van der Waals surface area contributed by atoms with E-state index in [9.17, 15) is 4.79 Å². The van der Waals surface area contributed by atoms with Gasteiger partial charge in [0.15, 0.2) is 0 Å². The lowest BCUT2D eigenvalue weighted by atomic mass is 10.1. The smallest absolute Gasteiger partial charge is 0.321 e. The number of piperazine rings is 1. The van der Waals surface area contributed by atoms with E-state index in [-0.39, 0.29) is 6.03 Å². The van der Waals surface area contributed by atoms with Gasteiger partial charge in [-0.15, -0.1) is 0 Å². The van der Waals surface area contributed by atoms with E-state index in [2.05, 4.69) is 39.4 Å². The Morgan fingerprint density at radius 2 is 1.79 bits per heavy atom. The van der Waals surface area contributed by atoms with Gasteiger partial charge in [0.1, 0.15) is 0 Å². The number of amides is 2. The predicted molar refractivity (Wildman–Crippen MR) is 113 cm³/mol. The van der Waals surface area contributed by atoms with E-state index < -0.39 is 0 Å². The summed E-state index contributed by atoms with van der Waals surface area (Å²) in [5, 5.41) is 7.01. The van der Waals surface area contributed by atoms with Crippen LogP contribution in [0.3, 0.4) is 0 Å². The molecule has 7 nitrogen and oxygen atoms in total. The molecule has 2 aromatic carbocycles. The van der Waals surface area contributed by atoms with Crippen LogP contribution in [0.25, 0.3) is 11.4 Å². The maximum atomic E-state index is 12.7. The van der Waals surface area contributed by atoms with Gasteiger partial charge in [-0.2, -0.15) is 4.98 Å². The molecule has 150 valence electrons. The number of urea groups is 1. The molecule has 1 aromatic heterocycles. The summed E-state index contributed by atoms with van der Waals surface area (Å²) in [6, 6.07) is 16.1. The molecule has 0 aliphatic carbocycles. The monoisotopic (exact) mass is 391 g/mol. The average molecular weight is 391 g/mol. The minimum Gasteiger partial charge on any atom is -0.368 e. The van der Waals surface area contributed by atoms with Gasteiger partial charge < -0.3 is 19.6 Å². The fourth-order valence-electron chi connectivity index (χ4n) is 3.55. The van der Waals surface area contributed by atoms with Crippen LogP contribution in [0.15, 0.2) is 53.1 Å². The van der Waals surface area contributed by atoms with Gasteiger partial charge in [-0.25, -0.2) is 4.79 Å². The van der Waals surface area contributed by atoms with Gasteiger partial charge in [0.25, 0.3) is 0 Å². The minimum absolute atomic E-state index is 0.0339. The second kappa shape index (κ2) is 8.34. The van der Waals surface area contributed by atoms with Crippen molar-refractivity contribution in [1.29, 1.82) is 0 Å². The van der Waals surface area contributed by atoms with Crippen LogP contribution < -0.4 is 10.2 Å². The molecule has 0 atom stereocenters. The highest BCUT2D eigenvalue weighted by Gasteiger charge is 2.22. The molecule has 3 aromatic rings. The fraction of sp³-hybridized carbons (Fsp3) is 0.318. The lowest BCUT2D eigenvalue weighted by Gasteiger charge is -2.36. The van der Waals surface area contributed by atoms with Gasteiger partial charge in [-0.3, -0.25) is 0 Å². The molecule has 4 rings (SSSR count). The molecule has 0 bridgehead atoms. The van der Waals surface area contributed by atoms with Crippen molar-refractivity contribution < 1.29 is 9.32 Å². The summed E-state index contributed by atoms with van der Waals surface area (Å²) in [5.74, 6) is 1.16. The number of carbonyl (C=O) groups is 1. The minimum atomic E-state index is -0.0339. The van der Waals surface area contributed by atoms with Gasteiger partial charge >= 0.3 is 6.03 Å². The molecular weight excluding hydrogens is 366 g/mol. The highest BCUT2D eigenvalue weighted by molar-refractivity contribution is 5.90. The molecule has 1 N–H and O–H groups in total. The molecule has 1 aliphatic rings. The van der Waals surface area contributed by atoms with Crippen LogP contribution in [0.2, 0.25) is 0 Å². The van der Waals surface area contributed by atoms with Gasteiger partial charge in [0.05, 0.1) is 0 Å². The number of aryl methyl sites for hydroxylation is 2. The number of aromatic nitrogens is 2. The third-order valence-corrected chi connectivity index (χ3v) is 5.22. The molecular formula is C22H25N5O2. The first-order valence-corrected chi connectivity index (χ1v) is 9.93. The van der Waals surface area contributed by atoms with E-state index in [1.165, 1.54) is 0 Å². The van der Waals surface area contributed by atoms with Crippen molar-refractivity contribution in [3.05, 3.63) is 60.0 Å². The first-order chi connectivity index (χ1) is 14.1. The van der Waals surface area contributed by atoms with Gasteiger partial charge in [0, 0.05) is 50.0 Å². The zero-order valence-corrected chi connectivity index (χ0v) is 16.8. The molecule has 2 heterocycles. The molecule has 1 saturated heterocycles. The highest BCUT2D eigenvalue weighted by atomic mass is 16.5. The number of carbonyl (C=O) groups excluding carboxylic acids is 1. The van der Waals surface area contributed by atoms with Crippen LogP contribution in [-0.2, 0) is 6.42 Å². The molecule has 1 aliphatic heterocycles. The van der Waals surface area contributed by atoms with E-state index in [1.807, 2.05) is 41.3 Å². The van der Waals surface area contributed by atoms with Crippen molar-refractivity contribution in [3.63, 3.8) is 0 Å². The van der Waals surface area contributed by atoms with Crippen LogP contribution in [0, 0.1) is 6.92 Å². The Hall–Kier alpha value is -3.35. The largest absolute Gasteiger partial charge is 0.368 e. The highest BCUT2D eigenvalue weighted by Crippen LogP contribution is 2.23. The second-order valence-electron chi connectivity index (χ2n) is 7.10. The zero-order chi connectivity index (χ0) is 20.2. The number of nitrogens with one attached hydrogen (secondary N) is 1. The number of rotatable bonds is 4. The Balaban J connectivity index is 1.35. The van der Waals surface area contributed by atoms with E-state index in [4.69, 9.17) is 4.52 Å². The predicted octanol–water partition coefficient (Wildman–Crippen LogP) is 3.96. The third kappa shape index (κ3) is 4.23. The summed E-state index contributed by atoms with van der Waals surface area (Å²) in [7, 11) is 0. The van der Waals surface area contributed by atoms with Crippen LogP contribution in [0.4, 0.5) is 16.2 Å². The van der Waals surface area contributed by atoms with Crippen molar-refractivity contribution >= 4 is 17.4 Å². The number of hydrogen-bond acceptors (Lipinski definition) is 5. The Bertz CT molecular complexity index is 975. The lowest BCUT2D eigenvalue weighted by molar-refractivity contribution is 0.208.